The molecule has 4 rings (SSSR count). The highest BCUT2D eigenvalue weighted by Gasteiger charge is 2.39. The summed E-state index contributed by atoms with van der Waals surface area (Å²) in [7, 11) is -1.86. The van der Waals surface area contributed by atoms with Gasteiger partial charge in [0.2, 0.25) is 21.8 Å². The van der Waals surface area contributed by atoms with Crippen molar-refractivity contribution in [2.24, 2.45) is 0 Å². The van der Waals surface area contributed by atoms with Crippen LogP contribution in [0.3, 0.4) is 0 Å². The van der Waals surface area contributed by atoms with Crippen molar-refractivity contribution >= 4 is 27.5 Å². The molecule has 2 heterocycles. The van der Waals surface area contributed by atoms with Gasteiger partial charge in [0.15, 0.2) is 0 Å². The normalized spacial score (nSPS) is 18.9. The molecule has 0 aliphatic carbocycles. The van der Waals surface area contributed by atoms with Gasteiger partial charge in [-0.2, -0.15) is 4.31 Å². The molecule has 8 heteroatoms. The number of hydrogen-bond acceptors (Lipinski definition) is 4. The van der Waals surface area contributed by atoms with E-state index in [0.717, 1.165) is 24.8 Å². The second-order valence-corrected chi connectivity index (χ2v) is 10.5. The minimum absolute atomic E-state index is 0.166. The molecule has 2 aliphatic rings. The van der Waals surface area contributed by atoms with Crippen molar-refractivity contribution < 1.29 is 18.0 Å². The Morgan fingerprint density at radius 1 is 1.03 bits per heavy atom. The molecule has 7 nitrogen and oxygen atoms in total. The third-order valence-electron chi connectivity index (χ3n) is 6.25. The van der Waals surface area contributed by atoms with Crippen LogP contribution in [0.15, 0.2) is 53.4 Å². The van der Waals surface area contributed by atoms with Gasteiger partial charge in [-0.15, -0.1) is 0 Å². The molecular weight excluding hydrogens is 426 g/mol. The molecule has 0 N–H and O–H groups in total. The van der Waals surface area contributed by atoms with Crippen LogP contribution in [0, 0.1) is 0 Å². The van der Waals surface area contributed by atoms with E-state index in [2.05, 4.69) is 0 Å². The zero-order valence-corrected chi connectivity index (χ0v) is 19.3. The Hall–Kier alpha value is -2.71. The number of amides is 2. The van der Waals surface area contributed by atoms with Gasteiger partial charge < -0.3 is 4.90 Å². The van der Waals surface area contributed by atoms with Crippen molar-refractivity contribution in [3.8, 4) is 0 Å². The summed E-state index contributed by atoms with van der Waals surface area (Å²) >= 11 is 0. The van der Waals surface area contributed by atoms with Crippen molar-refractivity contribution in [2.75, 3.05) is 25.0 Å². The summed E-state index contributed by atoms with van der Waals surface area (Å²) in [6.07, 6.45) is 3.08. The van der Waals surface area contributed by atoms with Crippen molar-refractivity contribution in [3.63, 3.8) is 0 Å². The molecular formula is C24H29N3O4S. The third kappa shape index (κ3) is 4.29. The number of rotatable bonds is 5. The monoisotopic (exact) mass is 455 g/mol. The maximum Gasteiger partial charge on any atom is 0.246 e. The van der Waals surface area contributed by atoms with Gasteiger partial charge >= 0.3 is 0 Å². The van der Waals surface area contributed by atoms with Gasteiger partial charge in [0.05, 0.1) is 4.90 Å². The van der Waals surface area contributed by atoms with E-state index >= 15 is 0 Å². The quantitative estimate of drug-likeness (QED) is 0.695. The molecule has 0 bridgehead atoms. The highest BCUT2D eigenvalue weighted by molar-refractivity contribution is 7.89. The first-order chi connectivity index (χ1) is 15.3. The number of piperidine rings is 1. The predicted molar refractivity (Wildman–Crippen MR) is 123 cm³/mol. The lowest BCUT2D eigenvalue weighted by molar-refractivity contribution is -0.133. The summed E-state index contributed by atoms with van der Waals surface area (Å²) in [5, 5.41) is 0. The van der Waals surface area contributed by atoms with Crippen molar-refractivity contribution in [2.45, 2.75) is 50.1 Å². The fourth-order valence-corrected chi connectivity index (χ4v) is 6.19. The number of carbonyl (C=O) groups is 2. The summed E-state index contributed by atoms with van der Waals surface area (Å²) in [5.41, 5.74) is 2.33. The summed E-state index contributed by atoms with van der Waals surface area (Å²) in [5.74, 6) is -0.400. The first kappa shape index (κ1) is 22.5. The smallest absolute Gasteiger partial charge is 0.246 e. The molecule has 2 aliphatic heterocycles. The second kappa shape index (κ2) is 9.03. The maximum absolute atomic E-state index is 13.3. The molecule has 2 amide bonds. The molecule has 1 fully saturated rings. The fraction of sp³-hybridized carbons (Fsp3) is 0.417. The zero-order valence-electron chi connectivity index (χ0n) is 18.5. The minimum Gasteiger partial charge on any atom is -0.340 e. The van der Waals surface area contributed by atoms with Crippen LogP contribution in [-0.4, -0.2) is 55.6 Å². The lowest BCUT2D eigenvalue weighted by Crippen LogP contribution is -2.47. The summed E-state index contributed by atoms with van der Waals surface area (Å²) in [4.78, 5) is 29.1. The first-order valence-corrected chi connectivity index (χ1v) is 12.4. The zero-order chi connectivity index (χ0) is 22.9. The van der Waals surface area contributed by atoms with Gasteiger partial charge in [-0.05, 0) is 42.2 Å². The molecule has 0 saturated carbocycles. The maximum atomic E-state index is 13.3. The van der Waals surface area contributed by atoms with Gasteiger partial charge in [-0.3, -0.25) is 14.5 Å². The van der Waals surface area contributed by atoms with Crippen LogP contribution in [-0.2, 0) is 32.6 Å². The van der Waals surface area contributed by atoms with E-state index in [4.69, 9.17) is 0 Å². The lowest BCUT2D eigenvalue weighted by atomic mass is 10.1. The average Bonchev–Trinajstić information content (AvgIpc) is 3.19. The standard InChI is InChI=1S/C24H29N3O4S/c1-18(28)27-22-12-11-21(32(30,31)26-13-7-4-8-14-26)15-20(22)16-23(27)24(29)25(2)17-19-9-5-3-6-10-19/h3,5-6,9-12,15,23H,4,7-8,13-14,16-17H2,1-2H3/t23-/m0/s1. The number of nitrogens with zero attached hydrogens (tertiary/aromatic N) is 3. The Balaban J connectivity index is 1.59. The summed E-state index contributed by atoms with van der Waals surface area (Å²) < 4.78 is 27.7. The molecule has 0 aromatic heterocycles. The molecule has 1 saturated heterocycles. The molecule has 2 aromatic rings. The van der Waals surface area contributed by atoms with E-state index in [9.17, 15) is 18.0 Å². The summed E-state index contributed by atoms with van der Waals surface area (Å²) in [6.45, 7) is 2.94. The van der Waals surface area contributed by atoms with Crippen molar-refractivity contribution in [3.05, 3.63) is 59.7 Å². The highest BCUT2D eigenvalue weighted by atomic mass is 32.2. The molecule has 32 heavy (non-hydrogen) atoms. The van der Waals surface area contributed by atoms with E-state index in [0.29, 0.717) is 37.3 Å². The molecule has 170 valence electrons. The number of hydrogen-bond donors (Lipinski definition) is 0. The van der Waals surface area contributed by atoms with Crippen LogP contribution in [0.2, 0.25) is 0 Å². The molecule has 0 unspecified atom stereocenters. The Labute approximate surface area is 189 Å². The van der Waals surface area contributed by atoms with E-state index in [1.807, 2.05) is 30.3 Å². The molecule has 0 spiro atoms. The number of carbonyl (C=O) groups excluding carboxylic acids is 2. The SMILES string of the molecule is CC(=O)N1c2ccc(S(=O)(=O)N3CCCCC3)cc2C[C@H]1C(=O)N(C)Cc1ccccc1. The molecule has 2 aromatic carbocycles. The Morgan fingerprint density at radius 2 is 1.72 bits per heavy atom. The topological polar surface area (TPSA) is 78.0 Å². The van der Waals surface area contributed by atoms with Gasteiger partial charge in [-0.25, -0.2) is 8.42 Å². The van der Waals surface area contributed by atoms with Gasteiger partial charge in [0, 0.05) is 45.7 Å². The number of fused-ring (bicyclic) bond motifs is 1. The predicted octanol–water partition coefficient (Wildman–Crippen LogP) is 2.80. The van der Waals surface area contributed by atoms with E-state index in [-0.39, 0.29) is 16.7 Å². The Kier molecular flexibility index (Phi) is 6.35. The van der Waals surface area contributed by atoms with Crippen LogP contribution in [0.5, 0.6) is 0 Å². The van der Waals surface area contributed by atoms with E-state index < -0.39 is 16.1 Å². The van der Waals surface area contributed by atoms with Crippen LogP contribution in [0.25, 0.3) is 0 Å². The number of likely N-dealkylation sites (N-methyl/N-ethyl adjacent to an activating group) is 1. The minimum atomic E-state index is -3.58. The number of benzene rings is 2. The Bertz CT molecular complexity index is 1110. The average molecular weight is 456 g/mol. The summed E-state index contributed by atoms with van der Waals surface area (Å²) in [6, 6.07) is 13.9. The molecule has 0 radical (unpaired) electrons. The van der Waals surface area contributed by atoms with Crippen LogP contribution in [0.4, 0.5) is 5.69 Å². The third-order valence-corrected chi connectivity index (χ3v) is 8.15. The second-order valence-electron chi connectivity index (χ2n) is 8.54. The lowest BCUT2D eigenvalue weighted by Gasteiger charge is -2.28. The number of sulfonamides is 1. The number of anilines is 1. The van der Waals surface area contributed by atoms with E-state index in [1.54, 1.807) is 30.1 Å². The van der Waals surface area contributed by atoms with Crippen molar-refractivity contribution in [1.29, 1.82) is 0 Å². The van der Waals surface area contributed by atoms with Gasteiger partial charge in [0.25, 0.3) is 0 Å². The van der Waals surface area contributed by atoms with Crippen molar-refractivity contribution in [1.82, 2.24) is 9.21 Å². The largest absolute Gasteiger partial charge is 0.340 e. The van der Waals surface area contributed by atoms with Gasteiger partial charge in [0.1, 0.15) is 6.04 Å². The highest BCUT2D eigenvalue weighted by Crippen LogP contribution is 2.35. The van der Waals surface area contributed by atoms with Gasteiger partial charge in [-0.1, -0.05) is 36.8 Å². The van der Waals surface area contributed by atoms with Crippen LogP contribution in [0.1, 0.15) is 37.3 Å². The Morgan fingerprint density at radius 3 is 2.38 bits per heavy atom. The fourth-order valence-electron chi connectivity index (χ4n) is 4.62. The van der Waals surface area contributed by atoms with Crippen LogP contribution >= 0.6 is 0 Å². The molecule has 1 atom stereocenters. The van der Waals surface area contributed by atoms with E-state index in [1.165, 1.54) is 16.1 Å². The van der Waals surface area contributed by atoms with Crippen LogP contribution < -0.4 is 4.90 Å². The first-order valence-electron chi connectivity index (χ1n) is 11.0.